The summed E-state index contributed by atoms with van der Waals surface area (Å²) in [5.74, 6) is 2.83. The molecule has 0 aliphatic carbocycles. The summed E-state index contributed by atoms with van der Waals surface area (Å²) in [5.41, 5.74) is 3.26. The van der Waals surface area contributed by atoms with Gasteiger partial charge in [-0.15, -0.1) is 12.3 Å². The van der Waals surface area contributed by atoms with Crippen LogP contribution in [0.3, 0.4) is 0 Å². The monoisotopic (exact) mass is 356 g/mol. The Morgan fingerprint density at radius 1 is 1.19 bits per heavy atom. The van der Waals surface area contributed by atoms with E-state index in [4.69, 9.17) is 6.42 Å². The van der Waals surface area contributed by atoms with Crippen molar-refractivity contribution in [3.8, 4) is 12.3 Å². The molecule has 0 atom stereocenters. The highest BCUT2D eigenvalue weighted by atomic mass is 16.2. The highest BCUT2D eigenvalue weighted by molar-refractivity contribution is 5.76. The van der Waals surface area contributed by atoms with Gasteiger partial charge in [0, 0.05) is 76.7 Å². The van der Waals surface area contributed by atoms with E-state index in [2.05, 4.69) is 40.0 Å². The summed E-state index contributed by atoms with van der Waals surface area (Å²) in [6.45, 7) is 8.43. The molecule has 2 aliphatic rings. The van der Waals surface area contributed by atoms with E-state index in [0.29, 0.717) is 19.3 Å². The van der Waals surface area contributed by atoms with Crippen LogP contribution in [0.2, 0.25) is 0 Å². The maximum atomic E-state index is 12.5. The summed E-state index contributed by atoms with van der Waals surface area (Å²) in [6, 6.07) is 0. The summed E-state index contributed by atoms with van der Waals surface area (Å²) < 4.78 is 1.94. The topological polar surface area (TPSA) is 66.1 Å². The molecule has 0 spiro atoms. The van der Waals surface area contributed by atoms with Gasteiger partial charge in [0.25, 0.3) is 0 Å². The molecule has 1 aromatic rings. The Balaban J connectivity index is 1.43. The molecule has 7 nitrogen and oxygen atoms in total. The molecule has 0 N–H and O–H groups in total. The lowest BCUT2D eigenvalue weighted by atomic mass is 10.0. The van der Waals surface area contributed by atoms with Crippen LogP contribution in [0.15, 0.2) is 10.2 Å². The Labute approximate surface area is 155 Å². The van der Waals surface area contributed by atoms with Crippen molar-refractivity contribution in [2.24, 2.45) is 17.3 Å². The van der Waals surface area contributed by atoms with Crippen LogP contribution in [-0.4, -0.2) is 57.3 Å². The summed E-state index contributed by atoms with van der Waals surface area (Å²) in [5, 5.41) is 12.7. The fraction of sp³-hybridized carbons (Fsp3) is 0.684. The number of piperazine rings is 1. The Morgan fingerprint density at radius 3 is 2.42 bits per heavy atom. The zero-order valence-electron chi connectivity index (χ0n) is 16.0. The average Bonchev–Trinajstić information content (AvgIpc) is 3.37. The lowest BCUT2D eigenvalue weighted by Gasteiger charge is -2.35. The Morgan fingerprint density at radius 2 is 1.88 bits per heavy atom. The zero-order chi connectivity index (χ0) is 18.7. The van der Waals surface area contributed by atoms with E-state index < -0.39 is 0 Å². The van der Waals surface area contributed by atoms with E-state index >= 15 is 0 Å². The van der Waals surface area contributed by atoms with E-state index in [-0.39, 0.29) is 11.6 Å². The fourth-order valence-electron chi connectivity index (χ4n) is 3.56. The van der Waals surface area contributed by atoms with Crippen LogP contribution in [-0.2, 0) is 18.4 Å². The van der Waals surface area contributed by atoms with Crippen molar-refractivity contribution in [1.29, 1.82) is 0 Å². The Kier molecular flexibility index (Phi) is 5.42. The first-order valence-corrected chi connectivity index (χ1v) is 9.31. The van der Waals surface area contributed by atoms with Crippen molar-refractivity contribution in [3.05, 3.63) is 17.0 Å². The van der Waals surface area contributed by atoms with Crippen LogP contribution in [0.25, 0.3) is 0 Å². The van der Waals surface area contributed by atoms with Gasteiger partial charge in [0.15, 0.2) is 5.66 Å². The summed E-state index contributed by atoms with van der Waals surface area (Å²) >= 11 is 0. The van der Waals surface area contributed by atoms with Crippen molar-refractivity contribution in [3.63, 3.8) is 0 Å². The number of terminal acetylenes is 1. The third kappa shape index (κ3) is 4.13. The molecule has 3 rings (SSSR count). The molecule has 0 bridgehead atoms. The van der Waals surface area contributed by atoms with Crippen molar-refractivity contribution in [2.45, 2.75) is 51.7 Å². The summed E-state index contributed by atoms with van der Waals surface area (Å²) in [6.07, 6.45) is 7.90. The number of rotatable bonds is 7. The number of aromatic nitrogens is 2. The van der Waals surface area contributed by atoms with Gasteiger partial charge >= 0.3 is 0 Å². The van der Waals surface area contributed by atoms with Gasteiger partial charge in [-0.3, -0.25) is 14.4 Å². The van der Waals surface area contributed by atoms with Crippen molar-refractivity contribution in [2.75, 3.05) is 26.2 Å². The van der Waals surface area contributed by atoms with Gasteiger partial charge < -0.3 is 4.90 Å². The molecule has 2 aliphatic heterocycles. The molecule has 7 heteroatoms. The standard InChI is InChI=1S/C19H28N6O/c1-5-6-8-19(21-22-19)9-7-18(26)25-12-10-24(11-13-25)14-17-15(2)20-23(4)16(17)3/h1H,6-14H2,2-4H3. The van der Waals surface area contributed by atoms with E-state index in [9.17, 15) is 4.79 Å². The molecule has 0 saturated carbocycles. The molecule has 140 valence electrons. The van der Waals surface area contributed by atoms with Crippen molar-refractivity contribution < 1.29 is 4.79 Å². The fourth-order valence-corrected chi connectivity index (χ4v) is 3.56. The predicted molar refractivity (Wildman–Crippen MR) is 99.4 cm³/mol. The number of aryl methyl sites for hydroxylation is 2. The van der Waals surface area contributed by atoms with Gasteiger partial charge in [-0.2, -0.15) is 15.3 Å². The Bertz CT molecular complexity index is 730. The first-order valence-electron chi connectivity index (χ1n) is 9.31. The van der Waals surface area contributed by atoms with Crippen LogP contribution in [0, 0.1) is 26.2 Å². The first-order chi connectivity index (χ1) is 12.4. The highest BCUT2D eigenvalue weighted by Gasteiger charge is 2.39. The number of hydrogen-bond acceptors (Lipinski definition) is 5. The summed E-state index contributed by atoms with van der Waals surface area (Å²) in [7, 11) is 1.98. The van der Waals surface area contributed by atoms with E-state index in [1.807, 2.05) is 16.6 Å². The van der Waals surface area contributed by atoms with Gasteiger partial charge in [-0.05, 0) is 13.8 Å². The molecule has 0 radical (unpaired) electrons. The van der Waals surface area contributed by atoms with Gasteiger partial charge in [0.2, 0.25) is 5.91 Å². The van der Waals surface area contributed by atoms with E-state index in [0.717, 1.165) is 44.8 Å². The molecule has 0 aromatic carbocycles. The predicted octanol–water partition coefficient (Wildman–Crippen LogP) is 2.04. The first kappa shape index (κ1) is 18.6. The van der Waals surface area contributed by atoms with Crippen molar-refractivity contribution >= 4 is 5.91 Å². The molecule has 1 aromatic heterocycles. The van der Waals surface area contributed by atoms with Crippen LogP contribution in [0.5, 0.6) is 0 Å². The second kappa shape index (κ2) is 7.58. The number of carbonyl (C=O) groups is 1. The maximum Gasteiger partial charge on any atom is 0.222 e. The number of carbonyl (C=O) groups excluding carboxylic acids is 1. The second-order valence-electron chi connectivity index (χ2n) is 7.32. The lowest BCUT2D eigenvalue weighted by molar-refractivity contribution is -0.133. The maximum absolute atomic E-state index is 12.5. The second-order valence-corrected chi connectivity index (χ2v) is 7.32. The minimum absolute atomic E-state index is 0.204. The van der Waals surface area contributed by atoms with Gasteiger partial charge in [-0.25, -0.2) is 0 Å². The smallest absolute Gasteiger partial charge is 0.222 e. The molecule has 1 fully saturated rings. The quantitative estimate of drug-likeness (QED) is 0.702. The molecule has 1 saturated heterocycles. The third-order valence-corrected chi connectivity index (χ3v) is 5.56. The van der Waals surface area contributed by atoms with Crippen LogP contribution in [0.4, 0.5) is 0 Å². The van der Waals surface area contributed by atoms with E-state index in [1.165, 1.54) is 11.3 Å². The molecular formula is C19H28N6O. The number of hydrogen-bond donors (Lipinski definition) is 0. The van der Waals surface area contributed by atoms with Crippen LogP contribution >= 0.6 is 0 Å². The largest absolute Gasteiger partial charge is 0.340 e. The SMILES string of the molecule is C#CCCC1(CCC(=O)N2CCN(Cc3c(C)nn(C)c3C)CC2)N=N1. The molecular weight excluding hydrogens is 328 g/mol. The molecule has 1 amide bonds. The van der Waals surface area contributed by atoms with E-state index in [1.54, 1.807) is 0 Å². The van der Waals surface area contributed by atoms with Crippen LogP contribution < -0.4 is 0 Å². The summed E-state index contributed by atoms with van der Waals surface area (Å²) in [4.78, 5) is 16.9. The van der Waals surface area contributed by atoms with Gasteiger partial charge in [0.1, 0.15) is 0 Å². The van der Waals surface area contributed by atoms with Crippen molar-refractivity contribution in [1.82, 2.24) is 19.6 Å². The zero-order valence-corrected chi connectivity index (χ0v) is 16.0. The minimum Gasteiger partial charge on any atom is -0.340 e. The van der Waals surface area contributed by atoms with Crippen LogP contribution in [0.1, 0.15) is 42.6 Å². The number of nitrogens with zero attached hydrogens (tertiary/aromatic N) is 6. The Hall–Kier alpha value is -2.20. The van der Waals surface area contributed by atoms with Gasteiger partial charge in [0.05, 0.1) is 5.69 Å². The lowest BCUT2D eigenvalue weighted by Crippen LogP contribution is -2.48. The minimum atomic E-state index is -0.362. The normalized spacial score (nSPS) is 18.8. The number of amides is 1. The third-order valence-electron chi connectivity index (χ3n) is 5.56. The molecule has 0 unspecified atom stereocenters. The molecule has 26 heavy (non-hydrogen) atoms. The highest BCUT2D eigenvalue weighted by Crippen LogP contribution is 2.37. The average molecular weight is 356 g/mol. The molecule has 3 heterocycles. The van der Waals surface area contributed by atoms with Gasteiger partial charge in [-0.1, -0.05) is 0 Å².